The van der Waals surface area contributed by atoms with E-state index >= 15 is 0 Å². The molecule has 1 aromatic heterocycles. The third-order valence-electron chi connectivity index (χ3n) is 2.12. The standard InChI is InChI=1S/C9H12N4O5/c10-6(14)2-1-4(8(16)17)12-7(15)5-3-11-9(18)13-5/h3-4H,1-2H2,(H2,10,14)(H,12,15)(H,16,17)(H2,11,13,18)/t4-/m0/s1. The summed E-state index contributed by atoms with van der Waals surface area (Å²) in [7, 11) is 0. The Balaban J connectivity index is 2.66. The van der Waals surface area contributed by atoms with E-state index in [1.807, 2.05) is 0 Å². The predicted molar refractivity (Wildman–Crippen MR) is 58.7 cm³/mol. The number of amides is 2. The summed E-state index contributed by atoms with van der Waals surface area (Å²) in [4.78, 5) is 48.1. The molecule has 0 aromatic carbocycles. The minimum atomic E-state index is -1.29. The number of H-pyrrole nitrogens is 2. The highest BCUT2D eigenvalue weighted by Crippen LogP contribution is 1.99. The fourth-order valence-electron chi connectivity index (χ4n) is 1.23. The van der Waals surface area contributed by atoms with Crippen molar-refractivity contribution in [2.75, 3.05) is 0 Å². The third kappa shape index (κ3) is 3.77. The lowest BCUT2D eigenvalue weighted by atomic mass is 10.1. The second kappa shape index (κ2) is 5.66. The number of rotatable bonds is 6. The van der Waals surface area contributed by atoms with Crippen molar-refractivity contribution in [3.05, 3.63) is 22.4 Å². The zero-order chi connectivity index (χ0) is 13.7. The van der Waals surface area contributed by atoms with Gasteiger partial charge in [0, 0.05) is 12.6 Å². The molecule has 0 saturated carbocycles. The summed E-state index contributed by atoms with van der Waals surface area (Å²) < 4.78 is 0. The summed E-state index contributed by atoms with van der Waals surface area (Å²) in [5.41, 5.74) is 4.22. The van der Waals surface area contributed by atoms with Gasteiger partial charge in [0.05, 0.1) is 0 Å². The second-order valence-electron chi connectivity index (χ2n) is 3.53. The van der Waals surface area contributed by atoms with Crippen LogP contribution in [0.5, 0.6) is 0 Å². The Labute approximate surface area is 100 Å². The van der Waals surface area contributed by atoms with Gasteiger partial charge in [0.1, 0.15) is 11.7 Å². The maximum Gasteiger partial charge on any atom is 0.326 e. The average molecular weight is 256 g/mol. The van der Waals surface area contributed by atoms with Crippen LogP contribution in [0.1, 0.15) is 23.3 Å². The van der Waals surface area contributed by atoms with E-state index in [4.69, 9.17) is 10.8 Å². The molecule has 2 amide bonds. The van der Waals surface area contributed by atoms with Gasteiger partial charge in [-0.25, -0.2) is 9.59 Å². The van der Waals surface area contributed by atoms with Gasteiger partial charge in [-0.3, -0.25) is 9.59 Å². The molecule has 98 valence electrons. The van der Waals surface area contributed by atoms with Crippen LogP contribution in [0.15, 0.2) is 11.0 Å². The van der Waals surface area contributed by atoms with Gasteiger partial charge in [-0.1, -0.05) is 0 Å². The SMILES string of the molecule is NC(=O)CC[C@H](NC(=O)c1c[nH]c(=O)[nH]1)C(=O)O. The van der Waals surface area contributed by atoms with Gasteiger partial charge in [0.15, 0.2) is 0 Å². The summed E-state index contributed by atoms with van der Waals surface area (Å²) in [6, 6.07) is -1.25. The number of nitrogens with one attached hydrogen (secondary N) is 3. The first-order chi connectivity index (χ1) is 8.40. The molecule has 18 heavy (non-hydrogen) atoms. The first kappa shape index (κ1) is 13.5. The highest BCUT2D eigenvalue weighted by molar-refractivity contribution is 5.94. The fraction of sp³-hybridized carbons (Fsp3) is 0.333. The molecule has 0 aliphatic heterocycles. The molecule has 9 heteroatoms. The maximum absolute atomic E-state index is 11.5. The maximum atomic E-state index is 11.5. The lowest BCUT2D eigenvalue weighted by molar-refractivity contribution is -0.139. The zero-order valence-corrected chi connectivity index (χ0v) is 9.23. The molecule has 0 aliphatic rings. The number of carboxylic acid groups (broad SMARTS) is 1. The molecule has 0 bridgehead atoms. The number of primary amides is 1. The predicted octanol–water partition coefficient (Wildman–Crippen LogP) is -1.85. The molecule has 0 saturated heterocycles. The van der Waals surface area contributed by atoms with E-state index in [1.165, 1.54) is 0 Å². The van der Waals surface area contributed by atoms with Crippen molar-refractivity contribution in [1.82, 2.24) is 15.3 Å². The van der Waals surface area contributed by atoms with E-state index < -0.39 is 29.5 Å². The van der Waals surface area contributed by atoms with Crippen LogP contribution in [0.2, 0.25) is 0 Å². The van der Waals surface area contributed by atoms with Crippen molar-refractivity contribution >= 4 is 17.8 Å². The van der Waals surface area contributed by atoms with Crippen molar-refractivity contribution in [2.24, 2.45) is 5.73 Å². The summed E-state index contributed by atoms with van der Waals surface area (Å²) in [5.74, 6) is -2.71. The zero-order valence-electron chi connectivity index (χ0n) is 9.23. The van der Waals surface area contributed by atoms with Gasteiger partial charge in [-0.15, -0.1) is 0 Å². The number of carboxylic acids is 1. The van der Waals surface area contributed by atoms with Crippen LogP contribution in [-0.4, -0.2) is 38.9 Å². The largest absolute Gasteiger partial charge is 0.480 e. The van der Waals surface area contributed by atoms with Crippen molar-refractivity contribution in [3.63, 3.8) is 0 Å². The van der Waals surface area contributed by atoms with E-state index in [1.54, 1.807) is 0 Å². The van der Waals surface area contributed by atoms with Gasteiger partial charge in [-0.2, -0.15) is 0 Å². The average Bonchev–Trinajstić information content (AvgIpc) is 2.70. The van der Waals surface area contributed by atoms with E-state index in [-0.39, 0.29) is 18.5 Å². The van der Waals surface area contributed by atoms with Crippen molar-refractivity contribution < 1.29 is 19.5 Å². The minimum Gasteiger partial charge on any atom is -0.480 e. The van der Waals surface area contributed by atoms with Gasteiger partial charge in [0.2, 0.25) is 5.91 Å². The molecule has 9 nitrogen and oxygen atoms in total. The van der Waals surface area contributed by atoms with Crippen LogP contribution in [0, 0.1) is 0 Å². The molecule has 1 atom stereocenters. The Morgan fingerprint density at radius 1 is 1.44 bits per heavy atom. The van der Waals surface area contributed by atoms with Crippen LogP contribution in [0.3, 0.4) is 0 Å². The van der Waals surface area contributed by atoms with Crippen LogP contribution < -0.4 is 16.7 Å². The Kier molecular flexibility index (Phi) is 4.24. The summed E-state index contributed by atoms with van der Waals surface area (Å²) in [5, 5.41) is 11.0. The molecular weight excluding hydrogens is 244 g/mol. The molecule has 1 rings (SSSR count). The van der Waals surface area contributed by atoms with Gasteiger partial charge in [0.25, 0.3) is 5.91 Å². The van der Waals surface area contributed by atoms with Crippen LogP contribution in [0.25, 0.3) is 0 Å². The summed E-state index contributed by atoms with van der Waals surface area (Å²) in [6.45, 7) is 0. The number of aromatic nitrogens is 2. The second-order valence-corrected chi connectivity index (χ2v) is 3.53. The van der Waals surface area contributed by atoms with E-state index in [9.17, 15) is 19.2 Å². The number of carbonyl (C=O) groups is 3. The molecular formula is C9H12N4O5. The molecule has 0 spiro atoms. The van der Waals surface area contributed by atoms with E-state index in [2.05, 4.69) is 15.3 Å². The number of aliphatic carboxylic acids is 1. The Bertz CT molecular complexity index is 517. The van der Waals surface area contributed by atoms with Crippen LogP contribution in [-0.2, 0) is 9.59 Å². The van der Waals surface area contributed by atoms with Gasteiger partial charge < -0.3 is 26.1 Å². The van der Waals surface area contributed by atoms with Crippen molar-refractivity contribution in [1.29, 1.82) is 0 Å². The van der Waals surface area contributed by atoms with Gasteiger partial charge >= 0.3 is 11.7 Å². The molecule has 0 unspecified atom stereocenters. The van der Waals surface area contributed by atoms with Crippen molar-refractivity contribution in [3.8, 4) is 0 Å². The third-order valence-corrected chi connectivity index (χ3v) is 2.12. The first-order valence-corrected chi connectivity index (χ1v) is 5.00. The molecule has 6 N–H and O–H groups in total. The summed E-state index contributed by atoms with van der Waals surface area (Å²) in [6.07, 6.45) is 0.830. The normalized spacial score (nSPS) is 11.8. The number of nitrogens with two attached hydrogens (primary N) is 1. The smallest absolute Gasteiger partial charge is 0.326 e. The van der Waals surface area contributed by atoms with Crippen molar-refractivity contribution in [2.45, 2.75) is 18.9 Å². The highest BCUT2D eigenvalue weighted by atomic mass is 16.4. The van der Waals surface area contributed by atoms with Crippen LogP contribution in [0.4, 0.5) is 0 Å². The molecule has 0 fully saturated rings. The molecule has 1 heterocycles. The number of hydrogen-bond acceptors (Lipinski definition) is 4. The Morgan fingerprint density at radius 3 is 2.56 bits per heavy atom. The number of aromatic amines is 2. The van der Waals surface area contributed by atoms with Gasteiger partial charge in [-0.05, 0) is 6.42 Å². The van der Waals surface area contributed by atoms with E-state index in [0.717, 1.165) is 6.20 Å². The molecule has 1 aromatic rings. The lowest BCUT2D eigenvalue weighted by Crippen LogP contribution is -2.41. The Hall–Kier alpha value is -2.58. The molecule has 0 aliphatic carbocycles. The lowest BCUT2D eigenvalue weighted by Gasteiger charge is -2.12. The quantitative estimate of drug-likeness (QED) is 0.403. The number of hydrogen-bond donors (Lipinski definition) is 5. The topological polar surface area (TPSA) is 158 Å². The first-order valence-electron chi connectivity index (χ1n) is 5.00. The van der Waals surface area contributed by atoms with E-state index in [0.29, 0.717) is 0 Å². The summed E-state index contributed by atoms with van der Waals surface area (Å²) >= 11 is 0. The minimum absolute atomic E-state index is 0.0923. The monoisotopic (exact) mass is 256 g/mol. The van der Waals surface area contributed by atoms with Crippen LogP contribution >= 0.6 is 0 Å². The molecule has 0 radical (unpaired) electrons. The Morgan fingerprint density at radius 2 is 2.11 bits per heavy atom. The highest BCUT2D eigenvalue weighted by Gasteiger charge is 2.21. The number of imidazole rings is 1. The number of carbonyl (C=O) groups excluding carboxylic acids is 2. The fourth-order valence-corrected chi connectivity index (χ4v) is 1.23.